The number of rotatable bonds is 9. The predicted octanol–water partition coefficient (Wildman–Crippen LogP) is 3.49. The first kappa shape index (κ1) is 23.8. The Hall–Kier alpha value is -2.30. The molecule has 2 heterocycles. The fourth-order valence-electron chi connectivity index (χ4n) is 3.52. The van der Waals surface area contributed by atoms with Crippen molar-refractivity contribution in [1.29, 1.82) is 0 Å². The molecule has 4 rings (SSSR count). The van der Waals surface area contributed by atoms with Crippen molar-refractivity contribution in [2.75, 3.05) is 44.2 Å². The van der Waals surface area contributed by atoms with E-state index in [1.807, 2.05) is 54.6 Å². The van der Waals surface area contributed by atoms with Crippen LogP contribution in [-0.4, -0.2) is 61.9 Å². The highest BCUT2D eigenvalue weighted by molar-refractivity contribution is 7.92. The molecule has 3 aromatic rings. The number of hydrogen-bond acceptors (Lipinski definition) is 7. The normalized spacial score (nSPS) is 15.4. The predicted molar refractivity (Wildman–Crippen MR) is 135 cm³/mol. The third kappa shape index (κ3) is 7.35. The van der Waals surface area contributed by atoms with Crippen molar-refractivity contribution in [3.63, 3.8) is 0 Å². The van der Waals surface area contributed by atoms with Crippen molar-refractivity contribution in [3.8, 4) is 0 Å². The van der Waals surface area contributed by atoms with Crippen molar-refractivity contribution in [2.24, 2.45) is 0 Å². The van der Waals surface area contributed by atoms with Crippen LogP contribution in [0.5, 0.6) is 0 Å². The molecule has 0 aliphatic carbocycles. The molecule has 1 saturated heterocycles. The molecule has 33 heavy (non-hydrogen) atoms. The number of nitrogens with one attached hydrogen (secondary N) is 1. The molecule has 0 spiro atoms. The molecule has 1 aromatic heterocycles. The van der Waals surface area contributed by atoms with Crippen LogP contribution < -0.4 is 9.62 Å². The van der Waals surface area contributed by atoms with E-state index in [1.165, 1.54) is 16.9 Å². The Morgan fingerprint density at radius 1 is 1.03 bits per heavy atom. The average Bonchev–Trinajstić information content (AvgIpc) is 3.29. The number of halogens is 1. The molecule has 7 nitrogen and oxygen atoms in total. The topological polar surface area (TPSA) is 78.4 Å². The SMILES string of the molecule is O=S(=O)(C=Cc1ccccc1)NCCN1CCN(c2nc(Cc3ccc(Cl)cc3)ns2)CC1. The second-order valence-electron chi connectivity index (χ2n) is 7.78. The van der Waals surface area contributed by atoms with Gasteiger partial charge in [-0.1, -0.05) is 54.1 Å². The van der Waals surface area contributed by atoms with E-state index in [0.29, 0.717) is 19.5 Å². The van der Waals surface area contributed by atoms with Crippen LogP contribution in [-0.2, 0) is 16.4 Å². The summed E-state index contributed by atoms with van der Waals surface area (Å²) in [5.41, 5.74) is 1.99. The van der Waals surface area contributed by atoms with Gasteiger partial charge in [-0.3, -0.25) is 4.90 Å². The zero-order valence-electron chi connectivity index (χ0n) is 18.1. The van der Waals surface area contributed by atoms with Crippen LogP contribution in [0.4, 0.5) is 5.13 Å². The second kappa shape index (κ2) is 11.2. The third-order valence-corrected chi connectivity index (χ3v) is 7.51. The molecule has 1 aliphatic rings. The van der Waals surface area contributed by atoms with E-state index in [4.69, 9.17) is 16.6 Å². The van der Waals surface area contributed by atoms with Crippen LogP contribution in [0.2, 0.25) is 5.02 Å². The van der Waals surface area contributed by atoms with Gasteiger partial charge in [0, 0.05) is 67.7 Å². The van der Waals surface area contributed by atoms with E-state index in [0.717, 1.165) is 53.3 Å². The number of benzene rings is 2. The molecule has 1 fully saturated rings. The molecule has 1 N–H and O–H groups in total. The van der Waals surface area contributed by atoms with Gasteiger partial charge < -0.3 is 4.90 Å². The third-order valence-electron chi connectivity index (χ3n) is 5.35. The minimum Gasteiger partial charge on any atom is -0.344 e. The second-order valence-corrected chi connectivity index (χ2v) is 10.6. The highest BCUT2D eigenvalue weighted by atomic mass is 35.5. The first-order valence-corrected chi connectivity index (χ1v) is 13.4. The van der Waals surface area contributed by atoms with Crippen molar-refractivity contribution in [1.82, 2.24) is 19.0 Å². The van der Waals surface area contributed by atoms with E-state index in [9.17, 15) is 8.42 Å². The summed E-state index contributed by atoms with van der Waals surface area (Å²) < 4.78 is 31.5. The first-order valence-electron chi connectivity index (χ1n) is 10.7. The van der Waals surface area contributed by atoms with Crippen molar-refractivity contribution in [2.45, 2.75) is 6.42 Å². The van der Waals surface area contributed by atoms with Crippen LogP contribution in [0.15, 0.2) is 60.0 Å². The maximum atomic E-state index is 12.2. The minimum atomic E-state index is -3.45. The van der Waals surface area contributed by atoms with Crippen LogP contribution in [0.3, 0.4) is 0 Å². The van der Waals surface area contributed by atoms with Gasteiger partial charge in [0.15, 0.2) is 0 Å². The number of anilines is 1. The van der Waals surface area contributed by atoms with Gasteiger partial charge in [-0.2, -0.15) is 4.37 Å². The molecule has 0 bridgehead atoms. The summed E-state index contributed by atoms with van der Waals surface area (Å²) in [7, 11) is -3.45. The van der Waals surface area contributed by atoms with Gasteiger partial charge in [-0.25, -0.2) is 18.1 Å². The van der Waals surface area contributed by atoms with Gasteiger partial charge in [0.05, 0.1) is 0 Å². The summed E-state index contributed by atoms with van der Waals surface area (Å²) in [6, 6.07) is 17.1. The maximum absolute atomic E-state index is 12.2. The quantitative estimate of drug-likeness (QED) is 0.481. The smallest absolute Gasteiger partial charge is 0.233 e. The molecular formula is C23H26ClN5O2S2. The Labute approximate surface area is 203 Å². The van der Waals surface area contributed by atoms with Crippen LogP contribution >= 0.6 is 23.1 Å². The lowest BCUT2D eigenvalue weighted by molar-refractivity contribution is 0.262. The van der Waals surface area contributed by atoms with Gasteiger partial charge >= 0.3 is 0 Å². The number of nitrogens with zero attached hydrogens (tertiary/aromatic N) is 4. The van der Waals surface area contributed by atoms with Gasteiger partial charge in [-0.15, -0.1) is 0 Å². The van der Waals surface area contributed by atoms with Gasteiger partial charge in [0.1, 0.15) is 5.82 Å². The van der Waals surface area contributed by atoms with Gasteiger partial charge in [-0.05, 0) is 29.3 Å². The monoisotopic (exact) mass is 503 g/mol. The molecule has 2 aromatic carbocycles. The van der Waals surface area contributed by atoms with E-state index >= 15 is 0 Å². The van der Waals surface area contributed by atoms with Crippen LogP contribution in [0, 0.1) is 0 Å². The lowest BCUT2D eigenvalue weighted by atomic mass is 10.1. The molecule has 10 heteroatoms. The van der Waals surface area contributed by atoms with Crippen molar-refractivity contribution in [3.05, 3.63) is 82.0 Å². The van der Waals surface area contributed by atoms with Gasteiger partial charge in [0.2, 0.25) is 15.2 Å². The lowest BCUT2D eigenvalue weighted by Crippen LogP contribution is -2.48. The highest BCUT2D eigenvalue weighted by Gasteiger charge is 2.20. The van der Waals surface area contributed by atoms with Crippen molar-refractivity contribution < 1.29 is 8.42 Å². The summed E-state index contributed by atoms with van der Waals surface area (Å²) in [4.78, 5) is 9.20. The summed E-state index contributed by atoms with van der Waals surface area (Å²) in [6.07, 6.45) is 2.29. The molecule has 0 radical (unpaired) electrons. The molecule has 174 valence electrons. The Bertz CT molecular complexity index is 1160. The van der Waals surface area contributed by atoms with E-state index < -0.39 is 10.0 Å². The number of sulfonamides is 1. The molecule has 0 unspecified atom stereocenters. The van der Waals surface area contributed by atoms with E-state index in [2.05, 4.69) is 18.9 Å². The maximum Gasteiger partial charge on any atom is 0.233 e. The first-order chi connectivity index (χ1) is 16.0. The lowest BCUT2D eigenvalue weighted by Gasteiger charge is -2.34. The molecule has 0 amide bonds. The number of piperazine rings is 1. The van der Waals surface area contributed by atoms with E-state index in [1.54, 1.807) is 6.08 Å². The molecular weight excluding hydrogens is 478 g/mol. The minimum absolute atomic E-state index is 0.380. The summed E-state index contributed by atoms with van der Waals surface area (Å²) in [6.45, 7) is 4.45. The largest absolute Gasteiger partial charge is 0.344 e. The number of hydrogen-bond donors (Lipinski definition) is 1. The van der Waals surface area contributed by atoms with Crippen molar-refractivity contribution >= 4 is 44.4 Å². The summed E-state index contributed by atoms with van der Waals surface area (Å²) in [5.74, 6) is 0.817. The summed E-state index contributed by atoms with van der Waals surface area (Å²) in [5, 5.41) is 2.88. The highest BCUT2D eigenvalue weighted by Crippen LogP contribution is 2.21. The summed E-state index contributed by atoms with van der Waals surface area (Å²) >= 11 is 7.37. The number of aromatic nitrogens is 2. The van der Waals surface area contributed by atoms with Gasteiger partial charge in [0.25, 0.3) is 0 Å². The van der Waals surface area contributed by atoms with E-state index in [-0.39, 0.29) is 0 Å². The standard InChI is InChI=1S/C23H26ClN5O2S2/c24-21-8-6-20(7-9-21)18-22-26-23(32-27-22)29-15-13-28(14-16-29)12-11-25-33(30,31)17-10-19-4-2-1-3-5-19/h1-10,17,25H,11-16,18H2. The Morgan fingerprint density at radius 3 is 2.48 bits per heavy atom. The molecule has 0 saturated carbocycles. The molecule has 1 aliphatic heterocycles. The fourth-order valence-corrected chi connectivity index (χ4v) is 5.19. The Balaban J connectivity index is 1.20. The van der Waals surface area contributed by atoms with Crippen LogP contribution in [0.1, 0.15) is 17.0 Å². The Kier molecular flexibility index (Phi) is 8.11. The zero-order valence-corrected chi connectivity index (χ0v) is 20.5. The Morgan fingerprint density at radius 2 is 1.76 bits per heavy atom. The van der Waals surface area contributed by atoms with Crippen LogP contribution in [0.25, 0.3) is 6.08 Å². The fraction of sp³-hybridized carbons (Fsp3) is 0.304. The average molecular weight is 504 g/mol. The zero-order chi connectivity index (χ0) is 23.1. The molecule has 0 atom stereocenters.